The van der Waals surface area contributed by atoms with E-state index in [0.29, 0.717) is 16.8 Å². The van der Waals surface area contributed by atoms with Crippen LogP contribution in [0.25, 0.3) is 0 Å². The molecular weight excluding hydrogens is 440 g/mol. The van der Waals surface area contributed by atoms with Crippen molar-refractivity contribution in [1.29, 1.82) is 0 Å². The zero-order valence-electron chi connectivity index (χ0n) is 18.2. The fourth-order valence-corrected chi connectivity index (χ4v) is 5.35. The Balaban J connectivity index is 1.52. The lowest BCUT2D eigenvalue weighted by Gasteiger charge is -2.38. The molecule has 2 aliphatic rings. The number of ether oxygens (including phenoxy) is 1. The largest absolute Gasteiger partial charge is 0.421 e. The summed E-state index contributed by atoms with van der Waals surface area (Å²) in [7, 11) is 2.18. The molecule has 2 unspecified atom stereocenters. The Bertz CT molecular complexity index is 1240. The van der Waals surface area contributed by atoms with E-state index in [-0.39, 0.29) is 17.2 Å². The number of non-ortho nitro benzene ring substituents is 1. The molecule has 0 saturated heterocycles. The topological polar surface area (TPSA) is 72.7 Å². The summed E-state index contributed by atoms with van der Waals surface area (Å²) in [4.78, 5) is 25.6. The summed E-state index contributed by atoms with van der Waals surface area (Å²) < 4.78 is 5.68. The highest BCUT2D eigenvalue weighted by Crippen LogP contribution is 2.44. The Morgan fingerprint density at radius 3 is 2.58 bits per heavy atom. The van der Waals surface area contributed by atoms with Crippen LogP contribution >= 0.6 is 11.6 Å². The Hall–Kier alpha value is -3.22. The van der Waals surface area contributed by atoms with Gasteiger partial charge in [0.2, 0.25) is 0 Å². The van der Waals surface area contributed by atoms with Crippen LogP contribution in [0.4, 0.5) is 5.69 Å². The third-order valence-electron chi connectivity index (χ3n) is 6.83. The number of rotatable bonds is 3. The van der Waals surface area contributed by atoms with Gasteiger partial charge in [-0.2, -0.15) is 0 Å². The van der Waals surface area contributed by atoms with Crippen molar-refractivity contribution in [2.45, 2.75) is 31.2 Å². The first-order valence-corrected chi connectivity index (χ1v) is 11.4. The van der Waals surface area contributed by atoms with Crippen molar-refractivity contribution in [3.8, 4) is 5.75 Å². The molecule has 0 bridgehead atoms. The lowest BCUT2D eigenvalue weighted by molar-refractivity contribution is -0.384. The molecule has 0 spiro atoms. The van der Waals surface area contributed by atoms with Crippen molar-refractivity contribution >= 4 is 23.3 Å². The summed E-state index contributed by atoms with van der Waals surface area (Å²) >= 11 is 6.54. The molecule has 0 N–H and O–H groups in total. The van der Waals surface area contributed by atoms with Crippen LogP contribution in [0.2, 0.25) is 5.02 Å². The highest BCUT2D eigenvalue weighted by molar-refractivity contribution is 6.32. The number of benzene rings is 3. The number of carbonyl (C=O) groups excluding carboxylic acids is 1. The van der Waals surface area contributed by atoms with E-state index < -0.39 is 10.9 Å². The average Bonchev–Trinajstić information content (AvgIpc) is 2.96. The van der Waals surface area contributed by atoms with Gasteiger partial charge in [-0.25, -0.2) is 4.79 Å². The molecule has 0 saturated carbocycles. The molecule has 0 aromatic heterocycles. The highest BCUT2D eigenvalue weighted by atomic mass is 35.5. The Morgan fingerprint density at radius 1 is 1.06 bits per heavy atom. The van der Waals surface area contributed by atoms with Gasteiger partial charge >= 0.3 is 5.97 Å². The van der Waals surface area contributed by atoms with Gasteiger partial charge in [0, 0.05) is 30.6 Å². The monoisotopic (exact) mass is 462 g/mol. The molecule has 1 aliphatic heterocycles. The predicted octanol–water partition coefficient (Wildman–Crippen LogP) is 5.40. The van der Waals surface area contributed by atoms with Gasteiger partial charge in [-0.05, 0) is 72.8 Å². The van der Waals surface area contributed by atoms with Gasteiger partial charge in [0.15, 0.2) is 0 Å². The lowest BCUT2D eigenvalue weighted by Crippen LogP contribution is -2.39. The molecule has 6 nitrogen and oxygen atoms in total. The van der Waals surface area contributed by atoms with Crippen molar-refractivity contribution in [3.63, 3.8) is 0 Å². The van der Waals surface area contributed by atoms with Crippen molar-refractivity contribution in [2.24, 2.45) is 0 Å². The van der Waals surface area contributed by atoms with E-state index in [1.165, 1.54) is 41.0 Å². The fourth-order valence-electron chi connectivity index (χ4n) is 5.13. The molecular formula is C26H23ClN2O4. The van der Waals surface area contributed by atoms with Crippen molar-refractivity contribution in [2.75, 3.05) is 13.6 Å². The SMILES string of the molecule is CN1CCc2cc(Cl)c(OC(=O)c3ccc([N+](=O)[O-])cc3)cc2C2c3ccccc3CCC21. The number of hydrogen-bond donors (Lipinski definition) is 0. The average molecular weight is 463 g/mol. The summed E-state index contributed by atoms with van der Waals surface area (Å²) in [6.07, 6.45) is 2.99. The molecule has 0 radical (unpaired) electrons. The summed E-state index contributed by atoms with van der Waals surface area (Å²) in [5.74, 6) is -0.116. The van der Waals surface area contributed by atoms with Crippen LogP contribution in [0.5, 0.6) is 5.75 Å². The van der Waals surface area contributed by atoms with Crippen molar-refractivity contribution in [3.05, 3.63) is 104 Å². The van der Waals surface area contributed by atoms with Crippen molar-refractivity contribution in [1.82, 2.24) is 4.90 Å². The molecule has 0 amide bonds. The third-order valence-corrected chi connectivity index (χ3v) is 7.13. The van der Waals surface area contributed by atoms with Crippen LogP contribution in [0.1, 0.15) is 45.0 Å². The first kappa shape index (κ1) is 21.6. The highest BCUT2D eigenvalue weighted by Gasteiger charge is 2.37. The summed E-state index contributed by atoms with van der Waals surface area (Å²) in [5, 5.41) is 11.3. The number of nitrogens with zero attached hydrogens (tertiary/aromatic N) is 2. The van der Waals surface area contributed by atoms with Gasteiger partial charge in [-0.1, -0.05) is 35.9 Å². The lowest BCUT2D eigenvalue weighted by atomic mass is 9.74. The molecule has 1 heterocycles. The maximum absolute atomic E-state index is 12.8. The normalized spacial score (nSPS) is 19.6. The first-order chi connectivity index (χ1) is 15.9. The van der Waals surface area contributed by atoms with Crippen LogP contribution < -0.4 is 4.74 Å². The number of hydrogen-bond acceptors (Lipinski definition) is 5. The minimum absolute atomic E-state index is 0.0826. The number of nitro groups is 1. The van der Waals surface area contributed by atoms with Gasteiger partial charge in [-0.15, -0.1) is 0 Å². The minimum Gasteiger partial charge on any atom is -0.421 e. The van der Waals surface area contributed by atoms with Gasteiger partial charge < -0.3 is 9.64 Å². The van der Waals surface area contributed by atoms with E-state index in [9.17, 15) is 14.9 Å². The van der Waals surface area contributed by atoms with Crippen LogP contribution in [-0.2, 0) is 12.8 Å². The van der Waals surface area contributed by atoms with Crippen molar-refractivity contribution < 1.29 is 14.5 Å². The quantitative estimate of drug-likeness (QED) is 0.225. The van der Waals surface area contributed by atoms with Crippen LogP contribution in [-0.4, -0.2) is 35.4 Å². The van der Waals surface area contributed by atoms with Crippen LogP contribution in [0, 0.1) is 10.1 Å². The molecule has 2 atom stereocenters. The van der Waals surface area contributed by atoms with Gasteiger partial charge in [0.05, 0.1) is 15.5 Å². The van der Waals surface area contributed by atoms with Gasteiger partial charge in [0.1, 0.15) is 5.75 Å². The number of aryl methyl sites for hydroxylation is 1. The number of nitro benzene ring substituents is 1. The molecule has 168 valence electrons. The second-order valence-corrected chi connectivity index (χ2v) is 9.10. The summed E-state index contributed by atoms with van der Waals surface area (Å²) in [6, 6.07) is 18.1. The van der Waals surface area contributed by atoms with Crippen LogP contribution in [0.3, 0.4) is 0 Å². The fraction of sp³-hybridized carbons (Fsp3) is 0.269. The Kier molecular flexibility index (Phi) is 5.64. The smallest absolute Gasteiger partial charge is 0.343 e. The Morgan fingerprint density at radius 2 is 1.82 bits per heavy atom. The molecule has 33 heavy (non-hydrogen) atoms. The molecule has 3 aromatic carbocycles. The zero-order valence-corrected chi connectivity index (χ0v) is 18.9. The predicted molar refractivity (Wildman–Crippen MR) is 126 cm³/mol. The van der Waals surface area contributed by atoms with E-state index in [1.807, 2.05) is 12.1 Å². The summed E-state index contributed by atoms with van der Waals surface area (Å²) in [6.45, 7) is 0.939. The van der Waals surface area contributed by atoms with E-state index in [1.54, 1.807) is 0 Å². The number of halogens is 1. The first-order valence-electron chi connectivity index (χ1n) is 11.0. The molecule has 3 aromatic rings. The zero-order chi connectivity index (χ0) is 23.1. The summed E-state index contributed by atoms with van der Waals surface area (Å²) in [5.41, 5.74) is 5.14. The molecule has 0 fully saturated rings. The second-order valence-electron chi connectivity index (χ2n) is 8.69. The van der Waals surface area contributed by atoms with E-state index in [0.717, 1.165) is 31.4 Å². The molecule has 7 heteroatoms. The molecule has 5 rings (SSSR count). The van der Waals surface area contributed by atoms with E-state index in [4.69, 9.17) is 16.3 Å². The van der Waals surface area contributed by atoms with E-state index in [2.05, 4.69) is 36.2 Å². The number of likely N-dealkylation sites (N-methyl/N-ethyl adjacent to an activating group) is 1. The van der Waals surface area contributed by atoms with Gasteiger partial charge in [-0.3, -0.25) is 10.1 Å². The van der Waals surface area contributed by atoms with Crippen LogP contribution in [0.15, 0.2) is 60.7 Å². The van der Waals surface area contributed by atoms with E-state index >= 15 is 0 Å². The van der Waals surface area contributed by atoms with Gasteiger partial charge in [0.25, 0.3) is 5.69 Å². The molecule has 1 aliphatic carbocycles. The Labute approximate surface area is 196 Å². The second kappa shape index (κ2) is 8.61. The number of esters is 1. The standard InChI is InChI=1S/C26H23ClN2O4/c1-28-13-12-18-14-22(27)24(33-26(30)17-6-9-19(10-7-17)29(31)32)15-21(18)25-20-5-3-2-4-16(20)8-11-23(25)28/h2-7,9-10,14-15,23,25H,8,11-13H2,1H3. The number of carbonyl (C=O) groups is 1. The number of fused-ring (bicyclic) bond motifs is 5. The maximum Gasteiger partial charge on any atom is 0.343 e. The maximum atomic E-state index is 12.8. The minimum atomic E-state index is -0.599. The third kappa shape index (κ3) is 4.01.